The Kier molecular flexibility index (Phi) is 4.92. The number of piperidine rings is 1. The third-order valence-corrected chi connectivity index (χ3v) is 4.13. The van der Waals surface area contributed by atoms with Crippen LogP contribution in [0.15, 0.2) is 48.8 Å². The molecule has 0 radical (unpaired) electrons. The zero-order valence-electron chi connectivity index (χ0n) is 13.4. The number of amides is 1. The van der Waals surface area contributed by atoms with Crippen molar-refractivity contribution in [2.45, 2.75) is 25.1 Å². The molecular weight excluding hydrogens is 333 g/mol. The van der Waals surface area contributed by atoms with Crippen LogP contribution in [0.5, 0.6) is 5.75 Å². The molecule has 0 aliphatic carbocycles. The summed E-state index contributed by atoms with van der Waals surface area (Å²) in [7, 11) is 0. The first-order chi connectivity index (χ1) is 11.9. The maximum Gasteiger partial charge on any atom is 0.417 e. The molecule has 132 valence electrons. The van der Waals surface area contributed by atoms with E-state index in [4.69, 9.17) is 4.74 Å². The van der Waals surface area contributed by atoms with Crippen LogP contribution in [0.2, 0.25) is 0 Å². The first-order valence-electron chi connectivity index (χ1n) is 7.97. The molecule has 2 heterocycles. The van der Waals surface area contributed by atoms with Crippen LogP contribution in [0.25, 0.3) is 0 Å². The van der Waals surface area contributed by atoms with Crippen molar-refractivity contribution in [3.8, 4) is 5.75 Å². The molecule has 0 N–H and O–H groups in total. The highest BCUT2D eigenvalue weighted by Crippen LogP contribution is 2.32. The summed E-state index contributed by atoms with van der Waals surface area (Å²) >= 11 is 0. The molecule has 25 heavy (non-hydrogen) atoms. The number of alkyl halides is 3. The number of halogens is 3. The third-order valence-electron chi connectivity index (χ3n) is 4.13. The molecule has 0 spiro atoms. The van der Waals surface area contributed by atoms with Crippen molar-refractivity contribution in [2.24, 2.45) is 0 Å². The zero-order chi connectivity index (χ0) is 17.9. The van der Waals surface area contributed by atoms with Crippen molar-refractivity contribution < 1.29 is 22.7 Å². The van der Waals surface area contributed by atoms with Crippen LogP contribution in [-0.4, -0.2) is 35.0 Å². The number of hydrogen-bond acceptors (Lipinski definition) is 3. The van der Waals surface area contributed by atoms with Crippen molar-refractivity contribution in [3.63, 3.8) is 0 Å². The lowest BCUT2D eigenvalue weighted by Crippen LogP contribution is -2.42. The summed E-state index contributed by atoms with van der Waals surface area (Å²) in [6, 6.07) is 8.45. The van der Waals surface area contributed by atoms with E-state index in [1.165, 1.54) is 23.1 Å². The number of aromatic nitrogens is 1. The van der Waals surface area contributed by atoms with Gasteiger partial charge < -0.3 is 9.64 Å². The maximum atomic E-state index is 13.1. The molecule has 1 aliphatic heterocycles. The van der Waals surface area contributed by atoms with Gasteiger partial charge in [-0.25, -0.2) is 0 Å². The minimum Gasteiger partial charge on any atom is -0.489 e. The number of hydrogen-bond donors (Lipinski definition) is 0. The van der Waals surface area contributed by atoms with Gasteiger partial charge in [0.15, 0.2) is 0 Å². The van der Waals surface area contributed by atoms with Gasteiger partial charge in [0.25, 0.3) is 5.91 Å². The van der Waals surface area contributed by atoms with Crippen LogP contribution in [0.3, 0.4) is 0 Å². The average molecular weight is 350 g/mol. The SMILES string of the molecule is O=C(c1ccccc1C(F)(F)F)N1CCC(Oc2cccnc2)CC1. The van der Waals surface area contributed by atoms with Gasteiger partial charge in [0, 0.05) is 32.1 Å². The zero-order valence-corrected chi connectivity index (χ0v) is 13.4. The lowest BCUT2D eigenvalue weighted by atomic mass is 10.0. The second-order valence-corrected chi connectivity index (χ2v) is 5.84. The number of benzene rings is 1. The van der Waals surface area contributed by atoms with E-state index in [1.54, 1.807) is 24.5 Å². The molecule has 0 unspecified atom stereocenters. The van der Waals surface area contributed by atoms with E-state index in [1.807, 2.05) is 0 Å². The Labute approximate surface area is 143 Å². The van der Waals surface area contributed by atoms with Gasteiger partial charge in [-0.1, -0.05) is 12.1 Å². The molecule has 0 saturated carbocycles. The van der Waals surface area contributed by atoms with Gasteiger partial charge in [-0.2, -0.15) is 13.2 Å². The summed E-state index contributed by atoms with van der Waals surface area (Å²) in [4.78, 5) is 17.9. The predicted molar refractivity (Wildman–Crippen MR) is 85.2 cm³/mol. The standard InChI is InChI=1S/C18H17F3N2O2/c19-18(20,21)16-6-2-1-5-15(16)17(24)23-10-7-13(8-11-23)25-14-4-3-9-22-12-14/h1-6,9,12-13H,7-8,10-11H2. The highest BCUT2D eigenvalue weighted by atomic mass is 19.4. The second kappa shape index (κ2) is 7.13. The van der Waals surface area contributed by atoms with Crippen LogP contribution >= 0.6 is 0 Å². The minimum absolute atomic E-state index is 0.0777. The van der Waals surface area contributed by atoms with Gasteiger partial charge in [0.1, 0.15) is 11.9 Å². The topological polar surface area (TPSA) is 42.4 Å². The van der Waals surface area contributed by atoms with Crippen molar-refractivity contribution in [1.29, 1.82) is 0 Å². The smallest absolute Gasteiger partial charge is 0.417 e. The number of ether oxygens (including phenoxy) is 1. The molecule has 3 rings (SSSR count). The summed E-state index contributed by atoms with van der Waals surface area (Å²) < 4.78 is 45.0. The van der Waals surface area contributed by atoms with E-state index in [9.17, 15) is 18.0 Å². The number of carbonyl (C=O) groups is 1. The van der Waals surface area contributed by atoms with Crippen molar-refractivity contribution in [1.82, 2.24) is 9.88 Å². The normalized spacial score (nSPS) is 15.9. The second-order valence-electron chi connectivity index (χ2n) is 5.84. The molecule has 1 aromatic carbocycles. The molecule has 1 saturated heterocycles. The molecule has 1 aliphatic rings. The lowest BCUT2D eigenvalue weighted by Gasteiger charge is -2.32. The fourth-order valence-electron chi connectivity index (χ4n) is 2.87. The fraction of sp³-hybridized carbons (Fsp3) is 0.333. The first kappa shape index (κ1) is 17.3. The first-order valence-corrected chi connectivity index (χ1v) is 7.97. The van der Waals surface area contributed by atoms with E-state index in [-0.39, 0.29) is 11.7 Å². The van der Waals surface area contributed by atoms with Crippen LogP contribution in [0.1, 0.15) is 28.8 Å². The van der Waals surface area contributed by atoms with Crippen LogP contribution < -0.4 is 4.74 Å². The van der Waals surface area contributed by atoms with Crippen molar-refractivity contribution in [2.75, 3.05) is 13.1 Å². The molecular formula is C18H17F3N2O2. The Balaban J connectivity index is 1.65. The summed E-state index contributed by atoms with van der Waals surface area (Å²) in [6.45, 7) is 0.714. The van der Waals surface area contributed by atoms with Gasteiger partial charge in [-0.15, -0.1) is 0 Å². The number of rotatable bonds is 3. The van der Waals surface area contributed by atoms with E-state index < -0.39 is 17.6 Å². The summed E-state index contributed by atoms with van der Waals surface area (Å²) in [6.07, 6.45) is -0.243. The quantitative estimate of drug-likeness (QED) is 0.846. The number of pyridine rings is 1. The van der Waals surface area contributed by atoms with Gasteiger partial charge in [0.05, 0.1) is 17.3 Å². The number of nitrogens with zero attached hydrogens (tertiary/aromatic N) is 2. The molecule has 1 aromatic heterocycles. The summed E-state index contributed by atoms with van der Waals surface area (Å²) in [5.41, 5.74) is -1.20. The van der Waals surface area contributed by atoms with Crippen LogP contribution in [-0.2, 0) is 6.18 Å². The maximum absolute atomic E-state index is 13.1. The Morgan fingerprint density at radius 2 is 1.84 bits per heavy atom. The van der Waals surface area contributed by atoms with Crippen molar-refractivity contribution >= 4 is 5.91 Å². The molecule has 1 fully saturated rings. The van der Waals surface area contributed by atoms with Crippen LogP contribution in [0, 0.1) is 0 Å². The largest absolute Gasteiger partial charge is 0.489 e. The van der Waals surface area contributed by atoms with Gasteiger partial charge in [0.2, 0.25) is 0 Å². The predicted octanol–water partition coefficient (Wildman–Crippen LogP) is 3.78. The van der Waals surface area contributed by atoms with Crippen molar-refractivity contribution in [3.05, 3.63) is 59.9 Å². The lowest BCUT2D eigenvalue weighted by molar-refractivity contribution is -0.138. The van der Waals surface area contributed by atoms with Crippen LogP contribution in [0.4, 0.5) is 13.2 Å². The van der Waals surface area contributed by atoms with Gasteiger partial charge >= 0.3 is 6.18 Å². The number of carbonyl (C=O) groups excluding carboxylic acids is 1. The summed E-state index contributed by atoms with van der Waals surface area (Å²) in [5.74, 6) is 0.0578. The molecule has 7 heteroatoms. The van der Waals surface area contributed by atoms with Gasteiger partial charge in [-0.3, -0.25) is 9.78 Å². The fourth-order valence-corrected chi connectivity index (χ4v) is 2.87. The molecule has 0 atom stereocenters. The highest BCUT2D eigenvalue weighted by molar-refractivity contribution is 5.96. The molecule has 4 nitrogen and oxygen atoms in total. The van der Waals surface area contributed by atoms with E-state index in [2.05, 4.69) is 4.98 Å². The Morgan fingerprint density at radius 3 is 2.48 bits per heavy atom. The Bertz CT molecular complexity index is 727. The average Bonchev–Trinajstić information content (AvgIpc) is 2.62. The Hall–Kier alpha value is -2.57. The minimum atomic E-state index is -4.55. The molecule has 1 amide bonds. The van der Waals surface area contributed by atoms with E-state index >= 15 is 0 Å². The van der Waals surface area contributed by atoms with Gasteiger partial charge in [-0.05, 0) is 24.3 Å². The Morgan fingerprint density at radius 1 is 1.12 bits per heavy atom. The molecule has 2 aromatic rings. The highest BCUT2D eigenvalue weighted by Gasteiger charge is 2.36. The monoisotopic (exact) mass is 350 g/mol. The van der Waals surface area contributed by atoms with E-state index in [0.717, 1.165) is 6.07 Å². The summed E-state index contributed by atoms with van der Waals surface area (Å²) in [5, 5.41) is 0. The molecule has 0 bridgehead atoms. The van der Waals surface area contributed by atoms with E-state index in [0.29, 0.717) is 31.7 Å². The third kappa shape index (κ3) is 4.10. The number of likely N-dealkylation sites (tertiary alicyclic amines) is 1.